The highest BCUT2D eigenvalue weighted by Gasteiger charge is 2.11. The van der Waals surface area contributed by atoms with Crippen LogP contribution in [0.15, 0.2) is 48.5 Å². The minimum Gasteiger partial charge on any atom is -0.493 e. The molecule has 104 valence electrons. The number of nitro benzene ring substituents is 1. The summed E-state index contributed by atoms with van der Waals surface area (Å²) >= 11 is 5.71. The summed E-state index contributed by atoms with van der Waals surface area (Å²) in [6.45, 7) is 0.394. The van der Waals surface area contributed by atoms with E-state index in [-0.39, 0.29) is 10.6 Å². The van der Waals surface area contributed by atoms with Crippen molar-refractivity contribution in [3.05, 3.63) is 69.8 Å². The highest BCUT2D eigenvalue weighted by atomic mass is 35.5. The first-order valence-electron chi connectivity index (χ1n) is 6.20. The number of para-hydroxylation sites is 1. The van der Waals surface area contributed by atoms with Crippen LogP contribution < -0.4 is 4.74 Å². The number of ether oxygens (including phenoxy) is 1. The molecule has 0 atom stereocenters. The Labute approximate surface area is 122 Å². The molecule has 0 unspecified atom stereocenters. The number of hydrogen-bond acceptors (Lipinski definition) is 3. The first-order chi connectivity index (χ1) is 9.70. The Kier molecular flexibility index (Phi) is 4.96. The molecule has 2 aromatic carbocycles. The zero-order chi connectivity index (χ0) is 14.4. The normalized spacial score (nSPS) is 10.2. The van der Waals surface area contributed by atoms with Crippen molar-refractivity contribution in [1.29, 1.82) is 0 Å². The molecular formula is C15H14ClNO3. The van der Waals surface area contributed by atoms with Crippen LogP contribution in [0.5, 0.6) is 5.75 Å². The summed E-state index contributed by atoms with van der Waals surface area (Å²) in [4.78, 5) is 10.5. The third kappa shape index (κ3) is 3.71. The number of halogens is 1. The van der Waals surface area contributed by atoms with Gasteiger partial charge >= 0.3 is 0 Å². The van der Waals surface area contributed by atoms with Crippen LogP contribution in [0.4, 0.5) is 5.69 Å². The lowest BCUT2D eigenvalue weighted by Gasteiger charge is -2.07. The Hall–Kier alpha value is -2.07. The third-order valence-corrected chi connectivity index (χ3v) is 3.21. The molecule has 0 aliphatic carbocycles. The SMILES string of the molecule is O=[N+]([O-])c1ccccc1CCOc1ccc(CCl)cc1. The first kappa shape index (κ1) is 14.3. The predicted molar refractivity (Wildman–Crippen MR) is 78.3 cm³/mol. The second-order valence-electron chi connectivity index (χ2n) is 4.26. The Morgan fingerprint density at radius 2 is 1.80 bits per heavy atom. The summed E-state index contributed by atoms with van der Waals surface area (Å²) in [6, 6.07) is 14.2. The van der Waals surface area contributed by atoms with Crippen molar-refractivity contribution in [3.8, 4) is 5.75 Å². The van der Waals surface area contributed by atoms with Crippen molar-refractivity contribution in [2.45, 2.75) is 12.3 Å². The second kappa shape index (κ2) is 6.91. The maximum Gasteiger partial charge on any atom is 0.272 e. The van der Waals surface area contributed by atoms with E-state index in [4.69, 9.17) is 16.3 Å². The molecule has 0 radical (unpaired) electrons. The van der Waals surface area contributed by atoms with E-state index in [2.05, 4.69) is 0 Å². The lowest BCUT2D eigenvalue weighted by Crippen LogP contribution is -2.03. The molecular weight excluding hydrogens is 278 g/mol. The molecule has 0 saturated carbocycles. The fourth-order valence-electron chi connectivity index (χ4n) is 1.85. The zero-order valence-electron chi connectivity index (χ0n) is 10.8. The lowest BCUT2D eigenvalue weighted by atomic mass is 10.1. The Balaban J connectivity index is 1.94. The van der Waals surface area contributed by atoms with Gasteiger partial charge in [0.25, 0.3) is 5.69 Å². The third-order valence-electron chi connectivity index (χ3n) is 2.91. The van der Waals surface area contributed by atoms with Gasteiger partial charge in [-0.3, -0.25) is 10.1 Å². The van der Waals surface area contributed by atoms with Crippen molar-refractivity contribution in [2.75, 3.05) is 6.61 Å². The molecule has 20 heavy (non-hydrogen) atoms. The van der Waals surface area contributed by atoms with E-state index in [1.165, 1.54) is 6.07 Å². The van der Waals surface area contributed by atoms with Crippen LogP contribution in [0.3, 0.4) is 0 Å². The first-order valence-corrected chi connectivity index (χ1v) is 6.74. The number of nitro groups is 1. The van der Waals surface area contributed by atoms with Gasteiger partial charge in [0.05, 0.1) is 11.5 Å². The maximum atomic E-state index is 10.9. The van der Waals surface area contributed by atoms with Gasteiger partial charge in [-0.25, -0.2) is 0 Å². The molecule has 0 saturated heterocycles. The predicted octanol–water partition coefficient (Wildman–Crippen LogP) is 3.96. The summed E-state index contributed by atoms with van der Waals surface area (Å²) in [6.07, 6.45) is 0.494. The maximum absolute atomic E-state index is 10.9. The molecule has 0 aromatic heterocycles. The smallest absolute Gasteiger partial charge is 0.272 e. The second-order valence-corrected chi connectivity index (χ2v) is 4.53. The number of hydrogen-bond donors (Lipinski definition) is 0. The summed E-state index contributed by atoms with van der Waals surface area (Å²) in [5.41, 5.74) is 1.83. The molecule has 0 spiro atoms. The van der Waals surface area contributed by atoms with Gasteiger partial charge in [-0.1, -0.05) is 30.3 Å². The van der Waals surface area contributed by atoms with Crippen molar-refractivity contribution in [2.24, 2.45) is 0 Å². The van der Waals surface area contributed by atoms with Gasteiger partial charge in [-0.2, -0.15) is 0 Å². The van der Waals surface area contributed by atoms with Crippen LogP contribution in [-0.2, 0) is 12.3 Å². The van der Waals surface area contributed by atoms with Gasteiger partial charge in [0, 0.05) is 23.9 Å². The van der Waals surface area contributed by atoms with Crippen molar-refractivity contribution >= 4 is 17.3 Å². The van der Waals surface area contributed by atoms with Crippen LogP contribution >= 0.6 is 11.6 Å². The fraction of sp³-hybridized carbons (Fsp3) is 0.200. The molecule has 2 aromatic rings. The zero-order valence-corrected chi connectivity index (χ0v) is 11.5. The Bertz CT molecular complexity index is 584. The largest absolute Gasteiger partial charge is 0.493 e. The Morgan fingerprint density at radius 3 is 2.45 bits per heavy atom. The molecule has 0 fully saturated rings. The molecule has 0 aliphatic rings. The molecule has 0 aliphatic heterocycles. The number of nitrogens with zero attached hydrogens (tertiary/aromatic N) is 1. The van der Waals surface area contributed by atoms with Gasteiger partial charge in [0.15, 0.2) is 0 Å². The van der Waals surface area contributed by atoms with Crippen LogP contribution in [0.25, 0.3) is 0 Å². The van der Waals surface area contributed by atoms with Crippen LogP contribution in [0.2, 0.25) is 0 Å². The topological polar surface area (TPSA) is 52.4 Å². The van der Waals surface area contributed by atoms with Gasteiger partial charge in [-0.05, 0) is 17.7 Å². The van der Waals surface area contributed by atoms with Gasteiger partial charge < -0.3 is 4.74 Å². The molecule has 0 N–H and O–H groups in total. The number of rotatable bonds is 6. The van der Waals surface area contributed by atoms with Crippen molar-refractivity contribution in [3.63, 3.8) is 0 Å². The van der Waals surface area contributed by atoms with E-state index in [0.29, 0.717) is 24.5 Å². The van der Waals surface area contributed by atoms with E-state index in [9.17, 15) is 10.1 Å². The van der Waals surface area contributed by atoms with Crippen LogP contribution in [0, 0.1) is 10.1 Å². The molecule has 4 nitrogen and oxygen atoms in total. The van der Waals surface area contributed by atoms with Crippen LogP contribution in [-0.4, -0.2) is 11.5 Å². The van der Waals surface area contributed by atoms with Crippen LogP contribution in [0.1, 0.15) is 11.1 Å². The van der Waals surface area contributed by atoms with Crippen molar-refractivity contribution in [1.82, 2.24) is 0 Å². The van der Waals surface area contributed by atoms with E-state index < -0.39 is 0 Å². The molecule has 2 rings (SSSR count). The highest BCUT2D eigenvalue weighted by molar-refractivity contribution is 6.17. The molecule has 0 heterocycles. The standard InChI is InChI=1S/C15H14ClNO3/c16-11-12-5-7-14(8-6-12)20-10-9-13-3-1-2-4-15(13)17(18)19/h1-8H,9-11H2. The monoisotopic (exact) mass is 291 g/mol. The minimum atomic E-state index is -0.370. The summed E-state index contributed by atoms with van der Waals surface area (Å²) < 4.78 is 5.58. The molecule has 5 heteroatoms. The van der Waals surface area contributed by atoms with Gasteiger partial charge in [0.2, 0.25) is 0 Å². The fourth-order valence-corrected chi connectivity index (χ4v) is 2.03. The van der Waals surface area contributed by atoms with E-state index >= 15 is 0 Å². The average molecular weight is 292 g/mol. The van der Waals surface area contributed by atoms with Gasteiger partial charge in [0.1, 0.15) is 5.75 Å². The van der Waals surface area contributed by atoms with E-state index in [1.54, 1.807) is 18.2 Å². The molecule has 0 amide bonds. The van der Waals surface area contributed by atoms with Crippen molar-refractivity contribution < 1.29 is 9.66 Å². The molecule has 0 bridgehead atoms. The summed E-state index contributed by atoms with van der Waals surface area (Å²) in [5, 5.41) is 10.9. The average Bonchev–Trinajstić information content (AvgIpc) is 2.48. The van der Waals surface area contributed by atoms with Gasteiger partial charge in [-0.15, -0.1) is 11.6 Å². The van der Waals surface area contributed by atoms with E-state index in [1.807, 2.05) is 24.3 Å². The lowest BCUT2D eigenvalue weighted by molar-refractivity contribution is -0.385. The summed E-state index contributed by atoms with van der Waals surface area (Å²) in [7, 11) is 0. The minimum absolute atomic E-state index is 0.133. The number of alkyl halides is 1. The number of benzene rings is 2. The Morgan fingerprint density at radius 1 is 1.10 bits per heavy atom. The van der Waals surface area contributed by atoms with E-state index in [0.717, 1.165) is 11.3 Å². The quantitative estimate of drug-likeness (QED) is 0.460. The summed E-state index contributed by atoms with van der Waals surface area (Å²) in [5.74, 6) is 1.20. The highest BCUT2D eigenvalue weighted by Crippen LogP contribution is 2.19.